The average molecular weight is 334 g/mol. The van der Waals surface area contributed by atoms with E-state index in [0.29, 0.717) is 12.1 Å². The van der Waals surface area contributed by atoms with E-state index >= 15 is 0 Å². The zero-order chi connectivity index (χ0) is 15.8. The van der Waals surface area contributed by atoms with Crippen LogP contribution < -0.4 is 0 Å². The lowest BCUT2D eigenvalue weighted by molar-refractivity contribution is 0.157. The first kappa shape index (κ1) is 16.7. The molecule has 1 aromatic carbocycles. The molecule has 0 aliphatic carbocycles. The summed E-state index contributed by atoms with van der Waals surface area (Å²) in [6.07, 6.45) is 0.987. The van der Waals surface area contributed by atoms with Gasteiger partial charge in [-0.1, -0.05) is 19.9 Å². The predicted molar refractivity (Wildman–Crippen MR) is 82.3 cm³/mol. The van der Waals surface area contributed by atoms with Crippen LogP contribution in [0.15, 0.2) is 23.1 Å². The van der Waals surface area contributed by atoms with Crippen LogP contribution in [0.2, 0.25) is 0 Å². The molecular weight excluding hydrogens is 313 g/mol. The summed E-state index contributed by atoms with van der Waals surface area (Å²) in [6, 6.07) is 3.95. The molecule has 1 saturated heterocycles. The number of hydrogen-bond donors (Lipinski definition) is 0. The Kier molecular flexibility index (Phi) is 4.96. The molecule has 0 amide bonds. The maximum Gasteiger partial charge on any atom is 0.246 e. The van der Waals surface area contributed by atoms with Gasteiger partial charge in [-0.2, -0.15) is 4.31 Å². The fourth-order valence-electron chi connectivity index (χ4n) is 2.94. The largest absolute Gasteiger partial charge is 0.246 e. The quantitative estimate of drug-likeness (QED) is 0.792. The Morgan fingerprint density at radius 1 is 1.33 bits per heavy atom. The molecule has 3 nitrogen and oxygen atoms in total. The van der Waals surface area contributed by atoms with E-state index in [1.54, 1.807) is 6.07 Å². The van der Waals surface area contributed by atoms with Gasteiger partial charge in [0.05, 0.1) is 0 Å². The number of halogens is 2. The van der Waals surface area contributed by atoms with Crippen molar-refractivity contribution in [2.24, 2.45) is 11.8 Å². The van der Waals surface area contributed by atoms with Crippen LogP contribution in [-0.2, 0) is 15.9 Å². The minimum absolute atomic E-state index is 0.127. The van der Waals surface area contributed by atoms with Crippen molar-refractivity contribution in [2.75, 3.05) is 6.54 Å². The highest BCUT2D eigenvalue weighted by atomic mass is 35.5. The standard InChI is InChI=1S/C15H21ClFNO2S/c1-10-6-11(2)12(3)18(9-10)21(19,20)15-5-4-13(8-16)7-14(15)17/h4-5,7,10-12H,6,8-9H2,1-3H3. The highest BCUT2D eigenvalue weighted by Gasteiger charge is 2.38. The minimum Gasteiger partial charge on any atom is -0.207 e. The third kappa shape index (κ3) is 3.25. The summed E-state index contributed by atoms with van der Waals surface area (Å²) in [5.74, 6) is -0.0399. The Hall–Kier alpha value is -0.650. The third-order valence-corrected chi connectivity index (χ3v) is 6.58. The van der Waals surface area contributed by atoms with Gasteiger partial charge in [0.15, 0.2) is 0 Å². The van der Waals surface area contributed by atoms with E-state index < -0.39 is 15.8 Å². The first-order chi connectivity index (χ1) is 9.77. The van der Waals surface area contributed by atoms with Crippen LogP contribution in [0, 0.1) is 17.7 Å². The number of piperidine rings is 1. The first-order valence-electron chi connectivity index (χ1n) is 7.13. The SMILES string of the molecule is CC1CC(C)C(C)N(S(=O)(=O)c2ccc(CCl)cc2F)C1. The highest BCUT2D eigenvalue weighted by Crippen LogP contribution is 2.32. The highest BCUT2D eigenvalue weighted by molar-refractivity contribution is 7.89. The number of benzene rings is 1. The molecule has 0 radical (unpaired) electrons. The lowest BCUT2D eigenvalue weighted by atomic mass is 9.88. The molecule has 0 N–H and O–H groups in total. The van der Waals surface area contributed by atoms with Gasteiger partial charge in [0.2, 0.25) is 10.0 Å². The van der Waals surface area contributed by atoms with Crippen molar-refractivity contribution in [1.82, 2.24) is 4.31 Å². The Bertz CT molecular complexity index is 620. The molecule has 0 bridgehead atoms. The van der Waals surface area contributed by atoms with E-state index in [4.69, 9.17) is 11.6 Å². The van der Waals surface area contributed by atoms with E-state index in [1.165, 1.54) is 16.4 Å². The molecule has 3 unspecified atom stereocenters. The fourth-order valence-corrected chi connectivity index (χ4v) is 5.00. The van der Waals surface area contributed by atoms with Gasteiger partial charge in [-0.25, -0.2) is 12.8 Å². The van der Waals surface area contributed by atoms with Crippen LogP contribution in [0.25, 0.3) is 0 Å². The van der Waals surface area contributed by atoms with E-state index in [-0.39, 0.29) is 28.7 Å². The minimum atomic E-state index is -3.82. The Morgan fingerprint density at radius 2 is 2.00 bits per heavy atom. The number of rotatable bonds is 3. The van der Waals surface area contributed by atoms with Gasteiger partial charge >= 0.3 is 0 Å². The van der Waals surface area contributed by atoms with Crippen LogP contribution >= 0.6 is 11.6 Å². The molecule has 6 heteroatoms. The number of nitrogens with zero attached hydrogens (tertiary/aromatic N) is 1. The number of sulfonamides is 1. The summed E-state index contributed by atoms with van der Waals surface area (Å²) in [4.78, 5) is -0.260. The van der Waals surface area contributed by atoms with Crippen LogP contribution in [0.4, 0.5) is 4.39 Å². The second kappa shape index (κ2) is 6.23. The second-order valence-electron chi connectivity index (χ2n) is 6.03. The van der Waals surface area contributed by atoms with Gasteiger partial charge < -0.3 is 0 Å². The van der Waals surface area contributed by atoms with Gasteiger partial charge in [-0.05, 0) is 42.9 Å². The smallest absolute Gasteiger partial charge is 0.207 e. The van der Waals surface area contributed by atoms with Crippen molar-refractivity contribution in [3.05, 3.63) is 29.6 Å². The summed E-state index contributed by atoms with van der Waals surface area (Å²) in [5.41, 5.74) is 0.571. The lowest BCUT2D eigenvalue weighted by Crippen LogP contribution is -2.48. The van der Waals surface area contributed by atoms with Crippen LogP contribution in [0.5, 0.6) is 0 Å². The summed E-state index contributed by atoms with van der Waals surface area (Å²) < 4.78 is 41.1. The molecule has 0 aromatic heterocycles. The molecule has 118 valence electrons. The predicted octanol–water partition coefficient (Wildman–Crippen LogP) is 3.62. The normalized spacial score (nSPS) is 27.8. The maximum absolute atomic E-state index is 14.1. The summed E-state index contributed by atoms with van der Waals surface area (Å²) in [5, 5.41) is 0. The fraction of sp³-hybridized carbons (Fsp3) is 0.600. The number of hydrogen-bond acceptors (Lipinski definition) is 2. The Morgan fingerprint density at radius 3 is 2.57 bits per heavy atom. The van der Waals surface area contributed by atoms with Gasteiger partial charge in [-0.3, -0.25) is 0 Å². The van der Waals surface area contributed by atoms with Crippen molar-refractivity contribution in [3.8, 4) is 0 Å². The first-order valence-corrected chi connectivity index (χ1v) is 9.11. The van der Waals surface area contributed by atoms with Crippen molar-refractivity contribution in [2.45, 2.75) is 44.0 Å². The van der Waals surface area contributed by atoms with Crippen LogP contribution in [0.1, 0.15) is 32.8 Å². The molecule has 2 rings (SSSR count). The van der Waals surface area contributed by atoms with Gasteiger partial charge in [-0.15, -0.1) is 11.6 Å². The molecule has 1 aliphatic rings. The molecule has 1 aliphatic heterocycles. The van der Waals surface area contributed by atoms with Crippen LogP contribution in [0.3, 0.4) is 0 Å². The monoisotopic (exact) mass is 333 g/mol. The summed E-state index contributed by atoms with van der Waals surface area (Å²) >= 11 is 5.65. The van der Waals surface area contributed by atoms with Crippen molar-refractivity contribution in [1.29, 1.82) is 0 Å². The van der Waals surface area contributed by atoms with Crippen molar-refractivity contribution in [3.63, 3.8) is 0 Å². The van der Waals surface area contributed by atoms with Crippen molar-refractivity contribution < 1.29 is 12.8 Å². The second-order valence-corrected chi connectivity index (χ2v) is 8.16. The van der Waals surface area contributed by atoms with Crippen molar-refractivity contribution >= 4 is 21.6 Å². The summed E-state index contributed by atoms with van der Waals surface area (Å²) in [6.45, 7) is 6.39. The number of alkyl halides is 1. The van der Waals surface area contributed by atoms with E-state index in [9.17, 15) is 12.8 Å². The molecule has 0 spiro atoms. The molecule has 1 fully saturated rings. The van der Waals surface area contributed by atoms with Gasteiger partial charge in [0.1, 0.15) is 10.7 Å². The Balaban J connectivity index is 2.41. The molecule has 3 atom stereocenters. The molecule has 0 saturated carbocycles. The molecular formula is C15H21ClFNO2S. The van der Waals surface area contributed by atoms with E-state index in [2.05, 4.69) is 0 Å². The third-order valence-electron chi connectivity index (χ3n) is 4.28. The topological polar surface area (TPSA) is 37.4 Å². The molecule has 1 aromatic rings. The Labute approximate surface area is 131 Å². The zero-order valence-electron chi connectivity index (χ0n) is 12.5. The summed E-state index contributed by atoms with van der Waals surface area (Å²) in [7, 11) is -3.82. The zero-order valence-corrected chi connectivity index (χ0v) is 14.1. The lowest BCUT2D eigenvalue weighted by Gasteiger charge is -2.40. The van der Waals surface area contributed by atoms with Gasteiger partial charge in [0.25, 0.3) is 0 Å². The average Bonchev–Trinajstić information content (AvgIpc) is 2.42. The van der Waals surface area contributed by atoms with Gasteiger partial charge in [0, 0.05) is 18.5 Å². The van der Waals surface area contributed by atoms with E-state index in [0.717, 1.165) is 6.42 Å². The van der Waals surface area contributed by atoms with Crippen LogP contribution in [-0.4, -0.2) is 25.3 Å². The molecule has 1 heterocycles. The maximum atomic E-state index is 14.1. The van der Waals surface area contributed by atoms with E-state index in [1.807, 2.05) is 20.8 Å². The molecule has 21 heavy (non-hydrogen) atoms.